The SMILES string of the molecule is CC.CC.Oc1ccc(Sc2ccc(O)cc2)cc1. The first kappa shape index (κ1) is 17.4. The molecule has 3 heteroatoms. The highest BCUT2D eigenvalue weighted by molar-refractivity contribution is 7.99. The Labute approximate surface area is 120 Å². The van der Waals surface area contributed by atoms with Crippen molar-refractivity contribution in [2.24, 2.45) is 0 Å². The van der Waals surface area contributed by atoms with Gasteiger partial charge < -0.3 is 10.2 Å². The van der Waals surface area contributed by atoms with Gasteiger partial charge in [0.1, 0.15) is 11.5 Å². The maximum Gasteiger partial charge on any atom is 0.115 e. The zero-order chi connectivity index (χ0) is 14.7. The Kier molecular flexibility index (Phi) is 9.45. The fourth-order valence-electron chi connectivity index (χ4n) is 1.16. The van der Waals surface area contributed by atoms with Gasteiger partial charge in [0.15, 0.2) is 0 Å². The van der Waals surface area contributed by atoms with E-state index in [-0.39, 0.29) is 11.5 Å². The quantitative estimate of drug-likeness (QED) is 0.783. The van der Waals surface area contributed by atoms with Crippen molar-refractivity contribution in [3.63, 3.8) is 0 Å². The molecule has 0 unspecified atom stereocenters. The number of benzene rings is 2. The van der Waals surface area contributed by atoms with Gasteiger partial charge in [0.2, 0.25) is 0 Å². The third kappa shape index (κ3) is 6.77. The number of hydrogen-bond donors (Lipinski definition) is 2. The first-order chi connectivity index (χ1) is 9.24. The predicted octanol–water partition coefficient (Wildman–Crippen LogP) is 5.30. The summed E-state index contributed by atoms with van der Waals surface area (Å²) in [5, 5.41) is 18.2. The second-order valence-electron chi connectivity index (χ2n) is 3.09. The fourth-order valence-corrected chi connectivity index (χ4v) is 1.98. The van der Waals surface area contributed by atoms with Crippen LogP contribution >= 0.6 is 11.8 Å². The Bertz CT molecular complexity index is 392. The molecule has 0 bridgehead atoms. The summed E-state index contributed by atoms with van der Waals surface area (Å²) >= 11 is 1.58. The lowest BCUT2D eigenvalue weighted by Crippen LogP contribution is -1.73. The van der Waals surface area contributed by atoms with E-state index < -0.39 is 0 Å². The van der Waals surface area contributed by atoms with Crippen LogP contribution in [0, 0.1) is 0 Å². The Morgan fingerprint density at radius 2 is 0.842 bits per heavy atom. The van der Waals surface area contributed by atoms with Crippen molar-refractivity contribution >= 4 is 11.8 Å². The summed E-state index contributed by atoms with van der Waals surface area (Å²) in [7, 11) is 0. The third-order valence-electron chi connectivity index (χ3n) is 1.91. The van der Waals surface area contributed by atoms with Gasteiger partial charge in [-0.1, -0.05) is 39.5 Å². The number of phenolic OH excluding ortho intramolecular Hbond substituents is 2. The molecule has 0 atom stereocenters. The van der Waals surface area contributed by atoms with Crippen LogP contribution in [0.3, 0.4) is 0 Å². The van der Waals surface area contributed by atoms with Crippen molar-refractivity contribution in [1.82, 2.24) is 0 Å². The summed E-state index contributed by atoms with van der Waals surface area (Å²) in [5.41, 5.74) is 0. The van der Waals surface area contributed by atoms with Gasteiger partial charge in [-0.25, -0.2) is 0 Å². The van der Waals surface area contributed by atoms with Gasteiger partial charge in [-0.3, -0.25) is 0 Å². The van der Waals surface area contributed by atoms with Crippen LogP contribution in [0.1, 0.15) is 27.7 Å². The molecule has 0 saturated heterocycles. The Morgan fingerprint density at radius 1 is 0.579 bits per heavy atom. The third-order valence-corrected chi connectivity index (χ3v) is 2.92. The van der Waals surface area contributed by atoms with Crippen molar-refractivity contribution in [3.8, 4) is 11.5 Å². The van der Waals surface area contributed by atoms with Gasteiger partial charge >= 0.3 is 0 Å². The smallest absolute Gasteiger partial charge is 0.115 e. The van der Waals surface area contributed by atoms with Crippen LogP contribution in [0.5, 0.6) is 11.5 Å². The van der Waals surface area contributed by atoms with Crippen molar-refractivity contribution in [3.05, 3.63) is 48.5 Å². The molecule has 0 spiro atoms. The average Bonchev–Trinajstić information content (AvgIpc) is 2.48. The van der Waals surface area contributed by atoms with Crippen molar-refractivity contribution < 1.29 is 10.2 Å². The first-order valence-corrected chi connectivity index (χ1v) is 7.31. The van der Waals surface area contributed by atoms with Gasteiger partial charge in [-0.15, -0.1) is 0 Å². The van der Waals surface area contributed by atoms with Crippen LogP contribution in [-0.4, -0.2) is 10.2 Å². The standard InChI is InChI=1S/C12H10O2S.2C2H6/c13-9-1-5-11(6-2-9)15-12-7-3-10(14)4-8-12;2*1-2/h1-8,13-14H;2*1-2H3. The molecule has 2 aromatic rings. The summed E-state index contributed by atoms with van der Waals surface area (Å²) < 4.78 is 0. The lowest BCUT2D eigenvalue weighted by molar-refractivity contribution is 0.474. The molecule has 0 saturated carbocycles. The molecular formula is C16H22O2S. The van der Waals surface area contributed by atoms with Crippen LogP contribution < -0.4 is 0 Å². The van der Waals surface area contributed by atoms with E-state index in [0.29, 0.717) is 0 Å². The predicted molar refractivity (Wildman–Crippen MR) is 83.0 cm³/mol. The van der Waals surface area contributed by atoms with Gasteiger partial charge in [-0.05, 0) is 48.5 Å². The van der Waals surface area contributed by atoms with E-state index in [1.165, 1.54) is 0 Å². The fraction of sp³-hybridized carbons (Fsp3) is 0.250. The molecule has 2 rings (SSSR count). The van der Waals surface area contributed by atoms with E-state index >= 15 is 0 Å². The maximum absolute atomic E-state index is 9.12. The zero-order valence-electron chi connectivity index (χ0n) is 11.9. The highest BCUT2D eigenvalue weighted by atomic mass is 32.2. The number of phenols is 2. The van der Waals surface area contributed by atoms with Crippen LogP contribution in [0.4, 0.5) is 0 Å². The molecule has 0 aromatic heterocycles. The van der Waals surface area contributed by atoms with Crippen molar-refractivity contribution in [2.75, 3.05) is 0 Å². The van der Waals surface area contributed by atoms with E-state index in [4.69, 9.17) is 10.2 Å². The first-order valence-electron chi connectivity index (χ1n) is 6.50. The Morgan fingerprint density at radius 3 is 1.11 bits per heavy atom. The molecule has 0 aliphatic rings. The molecule has 0 fully saturated rings. The Hall–Kier alpha value is -1.61. The molecule has 0 heterocycles. The minimum atomic E-state index is 0.269. The van der Waals surface area contributed by atoms with Crippen molar-refractivity contribution in [2.45, 2.75) is 37.5 Å². The summed E-state index contributed by atoms with van der Waals surface area (Å²) in [6, 6.07) is 14.0. The van der Waals surface area contributed by atoms with Gasteiger partial charge in [0, 0.05) is 9.79 Å². The summed E-state index contributed by atoms with van der Waals surface area (Å²) in [4.78, 5) is 2.11. The molecule has 104 valence electrons. The summed E-state index contributed by atoms with van der Waals surface area (Å²) in [6.45, 7) is 8.00. The number of aromatic hydroxyl groups is 2. The second-order valence-corrected chi connectivity index (χ2v) is 4.24. The lowest BCUT2D eigenvalue weighted by atomic mass is 10.3. The van der Waals surface area contributed by atoms with Gasteiger partial charge in [0.05, 0.1) is 0 Å². The summed E-state index contributed by atoms with van der Waals surface area (Å²) in [6.07, 6.45) is 0. The number of hydrogen-bond acceptors (Lipinski definition) is 3. The van der Waals surface area contributed by atoms with E-state index in [9.17, 15) is 0 Å². The monoisotopic (exact) mass is 278 g/mol. The lowest BCUT2D eigenvalue weighted by Gasteiger charge is -2.01. The molecule has 0 aliphatic carbocycles. The molecular weight excluding hydrogens is 256 g/mol. The molecule has 0 aliphatic heterocycles. The average molecular weight is 278 g/mol. The Balaban J connectivity index is 0.000000741. The van der Waals surface area contributed by atoms with Crippen LogP contribution in [0.2, 0.25) is 0 Å². The van der Waals surface area contributed by atoms with Crippen LogP contribution in [-0.2, 0) is 0 Å². The van der Waals surface area contributed by atoms with E-state index in [0.717, 1.165) is 9.79 Å². The summed E-state index contributed by atoms with van der Waals surface area (Å²) in [5.74, 6) is 0.537. The molecule has 2 nitrogen and oxygen atoms in total. The highest BCUT2D eigenvalue weighted by Gasteiger charge is 1.97. The number of rotatable bonds is 2. The van der Waals surface area contributed by atoms with Crippen molar-refractivity contribution in [1.29, 1.82) is 0 Å². The molecule has 2 aromatic carbocycles. The molecule has 0 amide bonds. The molecule has 0 radical (unpaired) electrons. The highest BCUT2D eigenvalue weighted by Crippen LogP contribution is 2.29. The molecule has 19 heavy (non-hydrogen) atoms. The second kappa shape index (κ2) is 10.3. The van der Waals surface area contributed by atoms with Gasteiger partial charge in [-0.2, -0.15) is 0 Å². The maximum atomic E-state index is 9.12. The van der Waals surface area contributed by atoms with E-state index in [1.807, 2.05) is 52.0 Å². The van der Waals surface area contributed by atoms with E-state index in [1.54, 1.807) is 36.0 Å². The minimum absolute atomic E-state index is 0.269. The van der Waals surface area contributed by atoms with Gasteiger partial charge in [0.25, 0.3) is 0 Å². The topological polar surface area (TPSA) is 40.5 Å². The van der Waals surface area contributed by atoms with Crippen LogP contribution in [0.15, 0.2) is 58.3 Å². The molecule has 2 N–H and O–H groups in total. The zero-order valence-corrected chi connectivity index (χ0v) is 12.7. The normalized spacial score (nSPS) is 8.63. The van der Waals surface area contributed by atoms with E-state index in [2.05, 4.69) is 0 Å². The van der Waals surface area contributed by atoms with Crippen LogP contribution in [0.25, 0.3) is 0 Å². The minimum Gasteiger partial charge on any atom is -0.508 e. The largest absolute Gasteiger partial charge is 0.508 e.